The summed E-state index contributed by atoms with van der Waals surface area (Å²) < 4.78 is 8.56. The number of β-lactam (4-membered cyclic amide) rings is 1. The normalized spacial score (nSPS) is 24.1. The van der Waals surface area contributed by atoms with Gasteiger partial charge in [0, 0.05) is 12.5 Å². The second-order valence-electron chi connectivity index (χ2n) is 10.6. The third kappa shape index (κ3) is 4.11. The van der Waals surface area contributed by atoms with Gasteiger partial charge in [-0.05, 0) is 30.1 Å². The van der Waals surface area contributed by atoms with Crippen LogP contribution in [-0.2, 0) is 14.0 Å². The molecule has 0 N–H and O–H groups in total. The number of hydrogen-bond acceptors (Lipinski definition) is 3. The van der Waals surface area contributed by atoms with Crippen LogP contribution < -0.4 is 0 Å². The van der Waals surface area contributed by atoms with Crippen molar-refractivity contribution in [2.75, 3.05) is 0 Å². The van der Waals surface area contributed by atoms with Gasteiger partial charge in [0.1, 0.15) is 6.29 Å². The predicted molar refractivity (Wildman–Crippen MR) is 110 cm³/mol. The zero-order valence-corrected chi connectivity index (χ0v) is 20.2. The number of nitrogens with zero attached hydrogens (tertiary/aromatic N) is 1. The Hall–Kier alpha value is -0.466. The predicted octanol–water partition coefficient (Wildman–Crippen LogP) is 4.82. The molecule has 1 aliphatic heterocycles. The summed E-state index contributed by atoms with van der Waals surface area (Å²) in [5, 5.41) is 0.172. The zero-order valence-electron chi connectivity index (χ0n) is 18.2. The Balaban J connectivity index is 3.07. The van der Waals surface area contributed by atoms with Crippen molar-refractivity contribution in [3.05, 3.63) is 0 Å². The highest BCUT2D eigenvalue weighted by atomic mass is 28.4. The van der Waals surface area contributed by atoms with Crippen LogP contribution in [0.5, 0.6) is 0 Å². The van der Waals surface area contributed by atoms with Gasteiger partial charge >= 0.3 is 0 Å². The first kappa shape index (κ1) is 22.6. The maximum atomic E-state index is 13.1. The van der Waals surface area contributed by atoms with Gasteiger partial charge in [-0.2, -0.15) is 0 Å². The average molecular weight is 386 g/mol. The SMILES string of the molecule is C[C@@H](O[Si](C)(C)C(C)(C)C)C1C(=O)N([Si](C)(C)C(C)(C)C)C1CC=O. The van der Waals surface area contributed by atoms with Crippen molar-refractivity contribution in [1.29, 1.82) is 0 Å². The second kappa shape index (κ2) is 6.93. The molecule has 0 radical (unpaired) electrons. The first-order valence-corrected chi connectivity index (χ1v) is 15.3. The van der Waals surface area contributed by atoms with Crippen LogP contribution in [0.4, 0.5) is 0 Å². The fourth-order valence-corrected chi connectivity index (χ4v) is 7.15. The molecule has 0 aliphatic carbocycles. The lowest BCUT2D eigenvalue weighted by atomic mass is 9.84. The highest BCUT2D eigenvalue weighted by molar-refractivity contribution is 6.80. The van der Waals surface area contributed by atoms with E-state index in [0.717, 1.165) is 6.29 Å². The van der Waals surface area contributed by atoms with Crippen LogP contribution in [0.1, 0.15) is 54.9 Å². The minimum atomic E-state index is -1.99. The van der Waals surface area contributed by atoms with E-state index in [4.69, 9.17) is 4.43 Å². The molecule has 0 spiro atoms. The molecule has 6 heteroatoms. The van der Waals surface area contributed by atoms with Crippen molar-refractivity contribution in [2.24, 2.45) is 5.92 Å². The first-order valence-electron chi connectivity index (χ1n) is 9.43. The molecule has 2 unspecified atom stereocenters. The van der Waals surface area contributed by atoms with Crippen LogP contribution >= 0.6 is 0 Å². The highest BCUT2D eigenvalue weighted by Gasteiger charge is 2.59. The van der Waals surface area contributed by atoms with Crippen molar-refractivity contribution in [1.82, 2.24) is 4.57 Å². The first-order chi connectivity index (χ1) is 11.0. The summed E-state index contributed by atoms with van der Waals surface area (Å²) in [5.74, 6) is -0.00176. The molecule has 0 saturated carbocycles. The maximum absolute atomic E-state index is 13.1. The van der Waals surface area contributed by atoms with Crippen molar-refractivity contribution in [3.8, 4) is 0 Å². The monoisotopic (exact) mass is 385 g/mol. The number of aldehydes is 1. The van der Waals surface area contributed by atoms with E-state index < -0.39 is 16.6 Å². The standard InChI is InChI=1S/C19H39NO3Si2/c1-14(23-25(10,11)19(5,6)7)16-15(12-13-21)20(17(16)22)24(8,9)18(2,3)4/h13-16H,12H2,1-11H3/t14-,15?,16?/m1/s1. The molecule has 1 saturated heterocycles. The molecule has 0 aromatic carbocycles. The van der Waals surface area contributed by atoms with Gasteiger partial charge in [0.05, 0.1) is 12.0 Å². The summed E-state index contributed by atoms with van der Waals surface area (Å²) >= 11 is 0. The van der Waals surface area contributed by atoms with E-state index in [1.54, 1.807) is 0 Å². The van der Waals surface area contributed by atoms with Gasteiger partial charge in [-0.3, -0.25) is 4.79 Å². The van der Waals surface area contributed by atoms with E-state index in [-0.39, 0.29) is 34.0 Å². The molecule has 4 nitrogen and oxygen atoms in total. The van der Waals surface area contributed by atoms with Gasteiger partial charge in [-0.15, -0.1) is 0 Å². The van der Waals surface area contributed by atoms with Crippen LogP contribution in [0.3, 0.4) is 0 Å². The number of carbonyl (C=O) groups is 2. The summed E-state index contributed by atoms with van der Waals surface area (Å²) in [4.78, 5) is 24.4. The van der Waals surface area contributed by atoms with Crippen molar-refractivity contribution >= 4 is 28.7 Å². The maximum Gasteiger partial charge on any atom is 0.222 e. The largest absolute Gasteiger partial charge is 0.413 e. The molecule has 0 aromatic heterocycles. The van der Waals surface area contributed by atoms with Gasteiger partial charge < -0.3 is 13.8 Å². The molecular formula is C19H39NO3Si2. The zero-order chi connectivity index (χ0) is 20.0. The second-order valence-corrected chi connectivity index (χ2v) is 20.5. The molecule has 1 heterocycles. The fourth-order valence-electron chi connectivity index (χ4n) is 3.20. The summed E-state index contributed by atoms with van der Waals surface area (Å²) in [6.45, 7) is 24.1. The van der Waals surface area contributed by atoms with Crippen LogP contribution in [0.25, 0.3) is 0 Å². The lowest BCUT2D eigenvalue weighted by Crippen LogP contribution is -2.75. The summed E-state index contributed by atoms with van der Waals surface area (Å²) in [7, 11) is -3.93. The van der Waals surface area contributed by atoms with E-state index >= 15 is 0 Å². The van der Waals surface area contributed by atoms with E-state index in [9.17, 15) is 9.59 Å². The van der Waals surface area contributed by atoms with Crippen LogP contribution in [0.15, 0.2) is 0 Å². The minimum absolute atomic E-state index is 0.00865. The molecule has 3 atom stereocenters. The number of hydrogen-bond donors (Lipinski definition) is 0. The highest BCUT2D eigenvalue weighted by Crippen LogP contribution is 2.47. The average Bonchev–Trinajstić information content (AvgIpc) is 2.34. The third-order valence-electron chi connectivity index (χ3n) is 6.84. The molecule has 1 aliphatic rings. The molecule has 0 bridgehead atoms. The van der Waals surface area contributed by atoms with Crippen molar-refractivity contribution in [3.63, 3.8) is 0 Å². The quantitative estimate of drug-likeness (QED) is 0.374. The molecule has 1 amide bonds. The molecule has 146 valence electrons. The lowest BCUT2D eigenvalue weighted by Gasteiger charge is -2.60. The Morgan fingerprint density at radius 3 is 1.92 bits per heavy atom. The Morgan fingerprint density at radius 2 is 1.56 bits per heavy atom. The van der Waals surface area contributed by atoms with Gasteiger partial charge in [-0.1, -0.05) is 54.6 Å². The summed E-state index contributed by atoms with van der Waals surface area (Å²) in [6.07, 6.45) is 1.23. The molecular weight excluding hydrogens is 346 g/mol. The third-order valence-corrected chi connectivity index (χ3v) is 16.8. The van der Waals surface area contributed by atoms with E-state index in [2.05, 4.69) is 72.3 Å². The van der Waals surface area contributed by atoms with Crippen molar-refractivity contribution in [2.45, 2.75) is 103 Å². The fraction of sp³-hybridized carbons (Fsp3) is 0.895. The van der Waals surface area contributed by atoms with Gasteiger partial charge in [0.25, 0.3) is 0 Å². The number of carbonyl (C=O) groups excluding carboxylic acids is 2. The van der Waals surface area contributed by atoms with Gasteiger partial charge in [-0.25, -0.2) is 0 Å². The smallest absolute Gasteiger partial charge is 0.222 e. The Kier molecular flexibility index (Phi) is 6.26. The van der Waals surface area contributed by atoms with E-state index in [1.807, 2.05) is 6.92 Å². The number of amides is 1. The Labute approximate surface area is 156 Å². The van der Waals surface area contributed by atoms with E-state index in [1.165, 1.54) is 0 Å². The topological polar surface area (TPSA) is 46.6 Å². The Morgan fingerprint density at radius 1 is 1.08 bits per heavy atom. The van der Waals surface area contributed by atoms with Crippen LogP contribution in [0.2, 0.25) is 36.3 Å². The molecule has 1 fully saturated rings. The van der Waals surface area contributed by atoms with Gasteiger partial charge in [0.2, 0.25) is 5.91 Å². The Bertz CT molecular complexity index is 518. The lowest BCUT2D eigenvalue weighted by molar-refractivity contribution is -0.154. The van der Waals surface area contributed by atoms with Crippen molar-refractivity contribution < 1.29 is 14.0 Å². The molecule has 1 rings (SSSR count). The summed E-state index contributed by atoms with van der Waals surface area (Å²) in [5.41, 5.74) is 0. The van der Waals surface area contributed by atoms with Gasteiger partial charge in [0.15, 0.2) is 16.6 Å². The molecule has 25 heavy (non-hydrogen) atoms. The van der Waals surface area contributed by atoms with E-state index in [0.29, 0.717) is 6.42 Å². The number of rotatable bonds is 6. The van der Waals surface area contributed by atoms with Crippen LogP contribution in [-0.4, -0.2) is 45.5 Å². The molecule has 0 aromatic rings. The summed E-state index contributed by atoms with van der Waals surface area (Å²) in [6, 6.07) is -0.00865. The minimum Gasteiger partial charge on any atom is -0.413 e. The van der Waals surface area contributed by atoms with Crippen LogP contribution in [0, 0.1) is 5.92 Å².